The van der Waals surface area contributed by atoms with Gasteiger partial charge in [0.25, 0.3) is 0 Å². The summed E-state index contributed by atoms with van der Waals surface area (Å²) in [7, 11) is 0. The van der Waals surface area contributed by atoms with Crippen LogP contribution in [0.1, 0.15) is 22.3 Å². The van der Waals surface area contributed by atoms with Gasteiger partial charge in [0, 0.05) is 5.69 Å². The first-order chi connectivity index (χ1) is 10.3. The zero-order chi connectivity index (χ0) is 14.0. The molecule has 0 atom stereocenters. The Hall–Kier alpha value is -2.54. The quantitative estimate of drug-likeness (QED) is 0.414. The van der Waals surface area contributed by atoms with Crippen molar-refractivity contribution >= 4 is 5.69 Å². The molecule has 0 heterocycles. The summed E-state index contributed by atoms with van der Waals surface area (Å²) in [4.78, 5) is 0. The van der Waals surface area contributed by atoms with E-state index < -0.39 is 0 Å². The molecule has 2 aliphatic carbocycles. The molecule has 2 N–H and O–H groups in total. The zero-order valence-electron chi connectivity index (χ0n) is 11.7. The van der Waals surface area contributed by atoms with Gasteiger partial charge in [-0.25, -0.2) is 0 Å². The lowest BCUT2D eigenvalue weighted by atomic mass is 9.96. The Morgan fingerprint density at radius 3 is 2.05 bits per heavy atom. The minimum absolute atomic E-state index is 0.862. The van der Waals surface area contributed by atoms with E-state index in [2.05, 4.69) is 48.5 Å². The molecule has 0 aromatic heterocycles. The highest BCUT2D eigenvalue weighted by molar-refractivity contribution is 5.87. The number of nitrogens with two attached hydrogens (primary N) is 1. The molecule has 0 unspecified atom stereocenters. The molecule has 1 heteroatoms. The van der Waals surface area contributed by atoms with Crippen LogP contribution in [0.3, 0.4) is 0 Å². The summed E-state index contributed by atoms with van der Waals surface area (Å²) in [6.07, 6.45) is 2.09. The van der Waals surface area contributed by atoms with Crippen molar-refractivity contribution in [2.75, 3.05) is 5.73 Å². The molecule has 0 saturated carbocycles. The first-order valence-electron chi connectivity index (χ1n) is 7.43. The molecular weight excluding hydrogens is 254 g/mol. The predicted molar refractivity (Wildman–Crippen MR) is 87.3 cm³/mol. The maximum absolute atomic E-state index is 5.95. The van der Waals surface area contributed by atoms with Gasteiger partial charge in [-0.2, -0.15) is 0 Å². The summed E-state index contributed by atoms with van der Waals surface area (Å²) in [5, 5.41) is 0. The Balaban J connectivity index is 1.75. The predicted octanol–water partition coefficient (Wildman–Crippen LogP) is 4.41. The molecule has 0 aliphatic heterocycles. The lowest BCUT2D eigenvalue weighted by Crippen LogP contribution is -1.91. The molecule has 0 fully saturated rings. The Morgan fingerprint density at radius 1 is 0.619 bits per heavy atom. The van der Waals surface area contributed by atoms with Crippen LogP contribution in [0.15, 0.2) is 54.6 Å². The Morgan fingerprint density at radius 2 is 1.24 bits per heavy atom. The van der Waals surface area contributed by atoms with Crippen LogP contribution in [0.25, 0.3) is 22.3 Å². The molecule has 0 amide bonds. The van der Waals surface area contributed by atoms with Crippen LogP contribution in [0, 0.1) is 0 Å². The summed E-state index contributed by atoms with van der Waals surface area (Å²) in [5.74, 6) is 0. The average molecular weight is 269 g/mol. The van der Waals surface area contributed by atoms with Gasteiger partial charge in [-0.15, -0.1) is 0 Å². The number of hydrogen-bond donors (Lipinski definition) is 1. The number of rotatable bonds is 0. The van der Waals surface area contributed by atoms with Crippen molar-refractivity contribution < 1.29 is 0 Å². The van der Waals surface area contributed by atoms with Crippen LogP contribution in [0.4, 0.5) is 5.69 Å². The smallest absolute Gasteiger partial charge is 0.0317 e. The van der Waals surface area contributed by atoms with Gasteiger partial charge >= 0.3 is 0 Å². The fourth-order valence-corrected chi connectivity index (χ4v) is 3.94. The fourth-order valence-electron chi connectivity index (χ4n) is 3.94. The van der Waals surface area contributed by atoms with Gasteiger partial charge in [0.1, 0.15) is 0 Å². The van der Waals surface area contributed by atoms with Crippen molar-refractivity contribution in [2.24, 2.45) is 0 Å². The third-order valence-corrected chi connectivity index (χ3v) is 4.89. The van der Waals surface area contributed by atoms with Crippen LogP contribution in [-0.2, 0) is 12.8 Å². The monoisotopic (exact) mass is 269 g/mol. The zero-order valence-corrected chi connectivity index (χ0v) is 11.7. The Labute approximate surface area is 124 Å². The van der Waals surface area contributed by atoms with Gasteiger partial charge < -0.3 is 5.73 Å². The van der Waals surface area contributed by atoms with Crippen LogP contribution in [0.5, 0.6) is 0 Å². The highest BCUT2D eigenvalue weighted by Gasteiger charge is 2.27. The molecule has 2 aliphatic rings. The molecule has 0 saturated heterocycles. The minimum atomic E-state index is 0.862. The molecule has 21 heavy (non-hydrogen) atoms. The normalized spacial score (nSPS) is 13.5. The largest absolute Gasteiger partial charge is 0.399 e. The van der Waals surface area contributed by atoms with Gasteiger partial charge in [-0.1, -0.05) is 42.5 Å². The average Bonchev–Trinajstić information content (AvgIpc) is 3.04. The third-order valence-electron chi connectivity index (χ3n) is 4.89. The van der Waals surface area contributed by atoms with E-state index in [1.54, 1.807) is 0 Å². The van der Waals surface area contributed by atoms with Crippen LogP contribution >= 0.6 is 0 Å². The van der Waals surface area contributed by atoms with Crippen molar-refractivity contribution in [1.82, 2.24) is 0 Å². The van der Waals surface area contributed by atoms with E-state index in [4.69, 9.17) is 5.73 Å². The van der Waals surface area contributed by atoms with Gasteiger partial charge in [-0.3, -0.25) is 0 Å². The van der Waals surface area contributed by atoms with E-state index in [9.17, 15) is 0 Å². The lowest BCUT2D eigenvalue weighted by molar-refractivity contribution is 1.16. The SMILES string of the molecule is Nc1ccc2c(c1)Cc1c-2ccc2c1Cc1ccccc1-2. The minimum Gasteiger partial charge on any atom is -0.399 e. The number of nitrogen functional groups attached to an aromatic ring is 1. The van der Waals surface area contributed by atoms with Crippen molar-refractivity contribution in [3.63, 3.8) is 0 Å². The third kappa shape index (κ3) is 1.41. The molecule has 0 radical (unpaired) electrons. The van der Waals surface area contributed by atoms with Gasteiger partial charge in [0.05, 0.1) is 0 Å². The van der Waals surface area contributed by atoms with E-state index in [1.165, 1.54) is 44.5 Å². The highest BCUT2D eigenvalue weighted by Crippen LogP contribution is 2.46. The second-order valence-electron chi connectivity index (χ2n) is 6.05. The van der Waals surface area contributed by atoms with Crippen molar-refractivity contribution in [3.8, 4) is 22.3 Å². The van der Waals surface area contributed by atoms with Crippen LogP contribution in [0.2, 0.25) is 0 Å². The van der Waals surface area contributed by atoms with Gasteiger partial charge in [-0.05, 0) is 69.5 Å². The second kappa shape index (κ2) is 3.76. The maximum atomic E-state index is 5.95. The van der Waals surface area contributed by atoms with E-state index in [1.807, 2.05) is 6.07 Å². The second-order valence-corrected chi connectivity index (χ2v) is 6.05. The summed E-state index contributed by atoms with van der Waals surface area (Å²) < 4.78 is 0. The first-order valence-corrected chi connectivity index (χ1v) is 7.43. The Kier molecular flexibility index (Phi) is 2.00. The van der Waals surface area contributed by atoms with Gasteiger partial charge in [0.15, 0.2) is 0 Å². The number of benzene rings is 3. The molecule has 3 aromatic carbocycles. The molecule has 0 spiro atoms. The number of fused-ring (bicyclic) bond motifs is 7. The summed E-state index contributed by atoms with van der Waals surface area (Å²) in [6.45, 7) is 0. The standard InChI is InChI=1S/C20H15N/c21-14-5-6-16-13(9-14)11-20-18(16)8-7-17-15-4-2-1-3-12(15)10-19(17)20/h1-9H,10-11,21H2. The first kappa shape index (κ1) is 11.2. The van der Waals surface area contributed by atoms with E-state index in [-0.39, 0.29) is 0 Å². The molecule has 5 rings (SSSR count). The summed E-state index contributed by atoms with van der Waals surface area (Å²) >= 11 is 0. The molecular formula is C20H15N. The molecule has 0 bridgehead atoms. The number of anilines is 1. The van der Waals surface area contributed by atoms with E-state index in [0.29, 0.717) is 0 Å². The topological polar surface area (TPSA) is 26.0 Å². The van der Waals surface area contributed by atoms with E-state index in [0.717, 1.165) is 18.5 Å². The van der Waals surface area contributed by atoms with Crippen LogP contribution < -0.4 is 5.73 Å². The summed E-state index contributed by atoms with van der Waals surface area (Å²) in [6, 6.07) is 19.7. The molecule has 3 aromatic rings. The Bertz CT molecular complexity index is 906. The lowest BCUT2D eigenvalue weighted by Gasteiger charge is -2.07. The highest BCUT2D eigenvalue weighted by atomic mass is 14.5. The number of hydrogen-bond acceptors (Lipinski definition) is 1. The fraction of sp³-hybridized carbons (Fsp3) is 0.100. The summed E-state index contributed by atoms with van der Waals surface area (Å²) in [5.41, 5.74) is 18.2. The van der Waals surface area contributed by atoms with Crippen LogP contribution in [-0.4, -0.2) is 0 Å². The van der Waals surface area contributed by atoms with Gasteiger partial charge in [0.2, 0.25) is 0 Å². The van der Waals surface area contributed by atoms with Crippen molar-refractivity contribution in [2.45, 2.75) is 12.8 Å². The maximum Gasteiger partial charge on any atom is 0.0317 e. The van der Waals surface area contributed by atoms with Crippen molar-refractivity contribution in [3.05, 3.63) is 76.9 Å². The van der Waals surface area contributed by atoms with Crippen molar-refractivity contribution in [1.29, 1.82) is 0 Å². The molecule has 100 valence electrons. The molecule has 1 nitrogen and oxygen atoms in total. The van der Waals surface area contributed by atoms with E-state index >= 15 is 0 Å².